The molecule has 1 atom stereocenters. The van der Waals surface area contributed by atoms with Crippen molar-refractivity contribution in [2.45, 2.75) is 13.0 Å². The molecule has 1 unspecified atom stereocenters. The molecule has 0 radical (unpaired) electrons. The Morgan fingerprint density at radius 2 is 2.11 bits per heavy atom. The van der Waals surface area contributed by atoms with Crippen LogP contribution in [0.4, 0.5) is 17.5 Å². The van der Waals surface area contributed by atoms with Gasteiger partial charge in [-0.1, -0.05) is 36.0 Å². The molecule has 0 saturated carbocycles. The third-order valence-electron chi connectivity index (χ3n) is 4.55. The van der Waals surface area contributed by atoms with E-state index in [4.69, 9.17) is 4.98 Å². The van der Waals surface area contributed by atoms with Gasteiger partial charge in [0.15, 0.2) is 5.82 Å². The number of benzene rings is 1. The summed E-state index contributed by atoms with van der Waals surface area (Å²) in [5.74, 6) is 1.39. The Morgan fingerprint density at radius 3 is 3.07 bits per heavy atom. The largest absolute Gasteiger partial charge is 0.344 e. The van der Waals surface area contributed by atoms with E-state index in [0.717, 1.165) is 32.6 Å². The number of nitrogens with zero attached hydrogens (tertiary/aromatic N) is 3. The van der Waals surface area contributed by atoms with Crippen LogP contribution in [-0.2, 0) is 0 Å². The second-order valence-electron chi connectivity index (χ2n) is 6.65. The maximum Gasteiger partial charge on any atom is 0.226 e. The summed E-state index contributed by atoms with van der Waals surface area (Å²) < 4.78 is 1.03. The van der Waals surface area contributed by atoms with Crippen molar-refractivity contribution in [3.8, 4) is 0 Å². The number of rotatable bonds is 4. The number of hydrogen-bond acceptors (Lipinski definition) is 6. The Balaban J connectivity index is 1.48. The zero-order valence-corrected chi connectivity index (χ0v) is 16.0. The van der Waals surface area contributed by atoms with Crippen LogP contribution >= 0.6 is 11.3 Å². The second kappa shape index (κ2) is 6.94. The van der Waals surface area contributed by atoms with Gasteiger partial charge in [-0.25, -0.2) is 4.98 Å². The van der Waals surface area contributed by atoms with E-state index in [9.17, 15) is 0 Å². The van der Waals surface area contributed by atoms with Crippen LogP contribution in [0.25, 0.3) is 21.1 Å². The van der Waals surface area contributed by atoms with Crippen molar-refractivity contribution < 1.29 is 0 Å². The Hall–Kier alpha value is -3.45. The molecule has 0 amide bonds. The van der Waals surface area contributed by atoms with Crippen molar-refractivity contribution >= 4 is 49.9 Å². The van der Waals surface area contributed by atoms with Gasteiger partial charge in [-0.15, -0.1) is 11.3 Å². The van der Waals surface area contributed by atoms with Gasteiger partial charge in [-0.3, -0.25) is 5.10 Å². The molecule has 3 aromatic heterocycles. The van der Waals surface area contributed by atoms with Crippen LogP contribution in [0.1, 0.15) is 6.92 Å². The average Bonchev–Trinajstić information content (AvgIpc) is 3.30. The summed E-state index contributed by atoms with van der Waals surface area (Å²) >= 11 is 1.63. The van der Waals surface area contributed by atoms with E-state index in [1.165, 1.54) is 5.57 Å². The third-order valence-corrected chi connectivity index (χ3v) is 5.46. The van der Waals surface area contributed by atoms with Crippen molar-refractivity contribution in [1.82, 2.24) is 20.2 Å². The van der Waals surface area contributed by atoms with E-state index in [0.29, 0.717) is 5.95 Å². The number of H-pyrrole nitrogens is 1. The number of allylic oxidation sites excluding steroid dienone is 4. The van der Waals surface area contributed by atoms with Gasteiger partial charge in [0.2, 0.25) is 5.95 Å². The van der Waals surface area contributed by atoms with Crippen LogP contribution in [0.2, 0.25) is 0 Å². The minimum absolute atomic E-state index is 0.0416. The van der Waals surface area contributed by atoms with Gasteiger partial charge in [-0.05, 0) is 36.6 Å². The van der Waals surface area contributed by atoms with Crippen molar-refractivity contribution in [3.05, 3.63) is 71.8 Å². The molecule has 28 heavy (non-hydrogen) atoms. The zero-order chi connectivity index (χ0) is 18.9. The van der Waals surface area contributed by atoms with Crippen LogP contribution in [0.5, 0.6) is 0 Å². The Bertz CT molecular complexity index is 1250. The van der Waals surface area contributed by atoms with Gasteiger partial charge in [0.05, 0.1) is 28.0 Å². The van der Waals surface area contributed by atoms with Gasteiger partial charge < -0.3 is 10.6 Å². The SMILES string of the molecule is CC1=CC=CC(Nc2nc(Nc3ccc4[nH]ncc4c3)c3sccc3n2)C=C1. The molecule has 1 aromatic carbocycles. The highest BCUT2D eigenvalue weighted by molar-refractivity contribution is 7.17. The maximum absolute atomic E-state index is 4.75. The molecule has 0 spiro atoms. The molecule has 3 heterocycles. The van der Waals surface area contributed by atoms with Gasteiger partial charge in [0.25, 0.3) is 0 Å². The number of fused-ring (bicyclic) bond motifs is 2. The summed E-state index contributed by atoms with van der Waals surface area (Å²) in [4.78, 5) is 9.42. The van der Waals surface area contributed by atoms with E-state index < -0.39 is 0 Å². The van der Waals surface area contributed by atoms with Crippen molar-refractivity contribution in [2.75, 3.05) is 10.6 Å². The van der Waals surface area contributed by atoms with Gasteiger partial charge >= 0.3 is 0 Å². The summed E-state index contributed by atoms with van der Waals surface area (Å²) in [7, 11) is 0. The van der Waals surface area contributed by atoms with Crippen LogP contribution < -0.4 is 10.6 Å². The summed E-state index contributed by atoms with van der Waals surface area (Å²) in [5.41, 5.74) is 4.10. The Kier molecular flexibility index (Phi) is 4.14. The lowest BCUT2D eigenvalue weighted by molar-refractivity contribution is 1.05. The molecule has 5 rings (SSSR count). The monoisotopic (exact) mass is 386 g/mol. The Morgan fingerprint density at radius 1 is 1.14 bits per heavy atom. The second-order valence-corrected chi connectivity index (χ2v) is 7.57. The highest BCUT2D eigenvalue weighted by atomic mass is 32.1. The fourth-order valence-corrected chi connectivity index (χ4v) is 3.89. The molecular formula is C21H18N6S. The number of thiophene rings is 1. The fraction of sp³-hybridized carbons (Fsp3) is 0.0952. The molecule has 4 aromatic rings. The first-order valence-corrected chi connectivity index (χ1v) is 9.88. The van der Waals surface area contributed by atoms with Crippen LogP contribution in [0, 0.1) is 0 Å². The summed E-state index contributed by atoms with van der Waals surface area (Å²) in [6.07, 6.45) is 12.2. The number of hydrogen-bond donors (Lipinski definition) is 3. The minimum atomic E-state index is 0.0416. The molecule has 0 bridgehead atoms. The first-order chi connectivity index (χ1) is 13.7. The molecule has 1 aliphatic rings. The molecule has 0 aliphatic heterocycles. The molecule has 0 saturated heterocycles. The topological polar surface area (TPSA) is 78.5 Å². The number of aromatic amines is 1. The smallest absolute Gasteiger partial charge is 0.226 e. The summed E-state index contributed by atoms with van der Waals surface area (Å²) in [6, 6.07) is 8.13. The van der Waals surface area contributed by atoms with Crippen LogP contribution in [0.3, 0.4) is 0 Å². The van der Waals surface area contributed by atoms with E-state index in [-0.39, 0.29) is 6.04 Å². The van der Waals surface area contributed by atoms with E-state index in [1.807, 2.05) is 29.8 Å². The first-order valence-electron chi connectivity index (χ1n) is 9.00. The minimum Gasteiger partial charge on any atom is -0.344 e. The maximum atomic E-state index is 4.75. The van der Waals surface area contributed by atoms with Gasteiger partial charge in [0, 0.05) is 11.1 Å². The number of aromatic nitrogens is 4. The third kappa shape index (κ3) is 3.27. The average molecular weight is 386 g/mol. The predicted molar refractivity (Wildman–Crippen MR) is 116 cm³/mol. The molecule has 1 aliphatic carbocycles. The molecule has 7 heteroatoms. The highest BCUT2D eigenvalue weighted by Crippen LogP contribution is 2.30. The van der Waals surface area contributed by atoms with Gasteiger partial charge in [0.1, 0.15) is 0 Å². The van der Waals surface area contributed by atoms with Crippen molar-refractivity contribution in [1.29, 1.82) is 0 Å². The lowest BCUT2D eigenvalue weighted by atomic mass is 10.2. The predicted octanol–water partition coefficient (Wildman–Crippen LogP) is 5.16. The number of anilines is 3. The normalized spacial score (nSPS) is 16.3. The molecule has 0 fully saturated rings. The lowest BCUT2D eigenvalue weighted by Crippen LogP contribution is -2.16. The van der Waals surface area contributed by atoms with E-state index in [2.05, 4.69) is 69.2 Å². The molecule has 138 valence electrons. The summed E-state index contributed by atoms with van der Waals surface area (Å²) in [6.45, 7) is 2.08. The first kappa shape index (κ1) is 16.7. The summed E-state index contributed by atoms with van der Waals surface area (Å²) in [5, 5.41) is 17.0. The Labute approximate surface area is 165 Å². The number of nitrogens with one attached hydrogen (secondary N) is 3. The fourth-order valence-electron chi connectivity index (χ4n) is 3.12. The van der Waals surface area contributed by atoms with Gasteiger partial charge in [-0.2, -0.15) is 10.1 Å². The van der Waals surface area contributed by atoms with Crippen LogP contribution in [0.15, 0.2) is 71.8 Å². The molecule has 6 nitrogen and oxygen atoms in total. The van der Waals surface area contributed by atoms with E-state index in [1.54, 1.807) is 11.3 Å². The quantitative estimate of drug-likeness (QED) is 0.451. The standard InChI is InChI=1S/C21H18N6S/c1-13-3-2-4-15(6-5-13)24-21-25-18-9-10-28-19(18)20(26-21)23-16-7-8-17-14(11-16)12-22-27-17/h2-12,15H,1H3,(H,22,27)(H2,23,24,25,26). The van der Waals surface area contributed by atoms with Crippen molar-refractivity contribution in [3.63, 3.8) is 0 Å². The molecular weight excluding hydrogens is 368 g/mol. The highest BCUT2D eigenvalue weighted by Gasteiger charge is 2.12. The zero-order valence-electron chi connectivity index (χ0n) is 15.2. The lowest BCUT2D eigenvalue weighted by Gasteiger charge is -2.13. The van der Waals surface area contributed by atoms with Crippen molar-refractivity contribution in [2.24, 2.45) is 0 Å². The van der Waals surface area contributed by atoms with Crippen LogP contribution in [-0.4, -0.2) is 26.2 Å². The van der Waals surface area contributed by atoms with E-state index >= 15 is 0 Å². The molecule has 3 N–H and O–H groups in total.